The minimum atomic E-state index is -0.359. The van der Waals surface area contributed by atoms with E-state index in [1.54, 1.807) is 0 Å². The first-order valence-corrected chi connectivity index (χ1v) is 3.23. The minimum Gasteiger partial charge on any atom is -0.396 e. The number of aliphatic hydroxyl groups is 2. The lowest BCUT2D eigenvalue weighted by Gasteiger charge is -2.06. The molecule has 0 saturated heterocycles. The van der Waals surface area contributed by atoms with Crippen molar-refractivity contribution in [1.82, 2.24) is 0 Å². The van der Waals surface area contributed by atoms with Crippen LogP contribution < -0.4 is 0 Å². The first-order chi connectivity index (χ1) is 4.25. The van der Waals surface area contributed by atoms with Gasteiger partial charge < -0.3 is 10.2 Å². The number of rotatable bonds is 1. The van der Waals surface area contributed by atoms with E-state index < -0.39 is 0 Å². The van der Waals surface area contributed by atoms with E-state index in [-0.39, 0.29) is 18.6 Å². The number of hydrogen-bond acceptors (Lipinski definition) is 2. The zero-order valence-electron chi connectivity index (χ0n) is 5.38. The summed E-state index contributed by atoms with van der Waals surface area (Å²) in [4.78, 5) is 0. The molecule has 0 radical (unpaired) electrons. The Labute approximate surface area is 54.8 Å². The molecule has 1 saturated carbocycles. The van der Waals surface area contributed by atoms with E-state index >= 15 is 0 Å². The van der Waals surface area contributed by atoms with Crippen LogP contribution in [-0.2, 0) is 0 Å². The third kappa shape index (κ3) is 1.14. The molecule has 2 N–H and O–H groups in total. The second-order valence-electron chi connectivity index (χ2n) is 2.55. The maximum absolute atomic E-state index is 9.09. The molecule has 0 aliphatic heterocycles. The van der Waals surface area contributed by atoms with Crippen molar-refractivity contribution in [3.05, 3.63) is 12.2 Å². The van der Waals surface area contributed by atoms with Crippen molar-refractivity contribution in [1.29, 1.82) is 0 Å². The maximum Gasteiger partial charge on any atom is 0.0751 e. The first-order valence-electron chi connectivity index (χ1n) is 3.23. The Kier molecular flexibility index (Phi) is 1.88. The molecule has 2 heteroatoms. The molecule has 0 spiro atoms. The summed E-state index contributed by atoms with van der Waals surface area (Å²) in [6.45, 7) is 3.81. The zero-order chi connectivity index (χ0) is 6.85. The molecule has 0 aromatic rings. The summed E-state index contributed by atoms with van der Waals surface area (Å²) < 4.78 is 0. The normalized spacial score (nSPS) is 35.6. The largest absolute Gasteiger partial charge is 0.396 e. The minimum absolute atomic E-state index is 0.135. The van der Waals surface area contributed by atoms with Gasteiger partial charge in [-0.25, -0.2) is 0 Å². The molecule has 2 unspecified atom stereocenters. The topological polar surface area (TPSA) is 40.5 Å². The molecule has 1 aliphatic carbocycles. The summed E-state index contributed by atoms with van der Waals surface area (Å²) in [5.41, 5.74) is 0.803. The fraction of sp³-hybridized carbons (Fsp3) is 0.714. The van der Waals surface area contributed by atoms with Crippen molar-refractivity contribution in [3.8, 4) is 0 Å². The molecule has 52 valence electrons. The van der Waals surface area contributed by atoms with Crippen LogP contribution in [0.1, 0.15) is 12.8 Å². The van der Waals surface area contributed by atoms with Gasteiger partial charge in [-0.1, -0.05) is 6.58 Å². The van der Waals surface area contributed by atoms with Gasteiger partial charge in [0.2, 0.25) is 0 Å². The quantitative estimate of drug-likeness (QED) is 0.499. The fourth-order valence-corrected chi connectivity index (χ4v) is 1.21. The van der Waals surface area contributed by atoms with Gasteiger partial charge in [0.15, 0.2) is 0 Å². The van der Waals surface area contributed by atoms with E-state index in [9.17, 15) is 0 Å². The monoisotopic (exact) mass is 128 g/mol. The molecule has 1 rings (SSSR count). The molecule has 1 aliphatic rings. The Morgan fingerprint density at radius 1 is 1.56 bits per heavy atom. The van der Waals surface area contributed by atoms with E-state index in [1.807, 2.05) is 0 Å². The molecular weight excluding hydrogens is 116 g/mol. The van der Waals surface area contributed by atoms with Crippen LogP contribution in [0.15, 0.2) is 12.2 Å². The summed E-state index contributed by atoms with van der Waals surface area (Å²) in [5.74, 6) is 0.153. The summed E-state index contributed by atoms with van der Waals surface area (Å²) >= 11 is 0. The van der Waals surface area contributed by atoms with Gasteiger partial charge in [0.1, 0.15) is 0 Å². The summed E-state index contributed by atoms with van der Waals surface area (Å²) in [6, 6.07) is 0. The van der Waals surface area contributed by atoms with E-state index in [2.05, 4.69) is 6.58 Å². The van der Waals surface area contributed by atoms with Crippen LogP contribution in [0.5, 0.6) is 0 Å². The van der Waals surface area contributed by atoms with Gasteiger partial charge in [-0.15, -0.1) is 0 Å². The van der Waals surface area contributed by atoms with Crippen LogP contribution in [0, 0.1) is 5.92 Å². The lowest BCUT2D eigenvalue weighted by molar-refractivity contribution is 0.213. The van der Waals surface area contributed by atoms with E-state index in [4.69, 9.17) is 10.2 Å². The van der Waals surface area contributed by atoms with Crippen molar-refractivity contribution >= 4 is 0 Å². The van der Waals surface area contributed by atoms with Crippen molar-refractivity contribution in [3.63, 3.8) is 0 Å². The second-order valence-corrected chi connectivity index (χ2v) is 2.55. The van der Waals surface area contributed by atoms with E-state index in [0.29, 0.717) is 0 Å². The highest BCUT2D eigenvalue weighted by Gasteiger charge is 2.25. The Hall–Kier alpha value is -0.340. The van der Waals surface area contributed by atoms with Crippen molar-refractivity contribution in [2.45, 2.75) is 18.9 Å². The van der Waals surface area contributed by atoms with Crippen LogP contribution >= 0.6 is 0 Å². The number of aliphatic hydroxyl groups excluding tert-OH is 2. The Balaban J connectivity index is 2.51. The highest BCUT2D eigenvalue weighted by Crippen LogP contribution is 2.29. The molecule has 2 atom stereocenters. The predicted molar refractivity (Wildman–Crippen MR) is 35.0 cm³/mol. The average Bonchev–Trinajstić information content (AvgIpc) is 2.15. The molecule has 1 fully saturated rings. The van der Waals surface area contributed by atoms with Gasteiger partial charge in [0.05, 0.1) is 6.10 Å². The van der Waals surface area contributed by atoms with Crippen LogP contribution in [0.2, 0.25) is 0 Å². The Morgan fingerprint density at radius 3 is 2.44 bits per heavy atom. The molecule has 9 heavy (non-hydrogen) atoms. The van der Waals surface area contributed by atoms with Crippen LogP contribution in [0.4, 0.5) is 0 Å². The standard InChI is InChI=1S/C7H12O2/c1-5-6(4-8)2-3-7(5)9/h6-9H,1-4H2. The summed E-state index contributed by atoms with van der Waals surface area (Å²) in [5, 5.41) is 17.8. The average molecular weight is 128 g/mol. The van der Waals surface area contributed by atoms with Crippen LogP contribution in [-0.4, -0.2) is 22.9 Å². The highest BCUT2D eigenvalue weighted by atomic mass is 16.3. The lowest BCUT2D eigenvalue weighted by atomic mass is 10.1. The molecule has 2 nitrogen and oxygen atoms in total. The molecule has 0 aromatic heterocycles. The highest BCUT2D eigenvalue weighted by molar-refractivity contribution is 5.12. The van der Waals surface area contributed by atoms with Crippen molar-refractivity contribution in [2.75, 3.05) is 6.61 Å². The van der Waals surface area contributed by atoms with Gasteiger partial charge in [-0.05, 0) is 18.4 Å². The molecular formula is C7H12O2. The smallest absolute Gasteiger partial charge is 0.0751 e. The van der Waals surface area contributed by atoms with Gasteiger partial charge >= 0.3 is 0 Å². The fourth-order valence-electron chi connectivity index (χ4n) is 1.21. The Bertz CT molecular complexity index is 120. The molecule has 0 amide bonds. The van der Waals surface area contributed by atoms with Crippen molar-refractivity contribution < 1.29 is 10.2 Å². The SMILES string of the molecule is C=C1C(O)CCC1CO. The van der Waals surface area contributed by atoms with E-state index in [1.165, 1.54) is 0 Å². The van der Waals surface area contributed by atoms with Gasteiger partial charge in [0, 0.05) is 12.5 Å². The molecule has 0 aromatic carbocycles. The number of hydrogen-bond donors (Lipinski definition) is 2. The third-order valence-electron chi connectivity index (χ3n) is 1.96. The van der Waals surface area contributed by atoms with Crippen LogP contribution in [0.3, 0.4) is 0 Å². The lowest BCUT2D eigenvalue weighted by Crippen LogP contribution is -2.07. The maximum atomic E-state index is 9.09. The van der Waals surface area contributed by atoms with Gasteiger partial charge in [0.25, 0.3) is 0 Å². The summed E-state index contributed by atoms with van der Waals surface area (Å²) in [7, 11) is 0. The third-order valence-corrected chi connectivity index (χ3v) is 1.96. The first kappa shape index (κ1) is 6.78. The van der Waals surface area contributed by atoms with Crippen molar-refractivity contribution in [2.24, 2.45) is 5.92 Å². The van der Waals surface area contributed by atoms with E-state index in [0.717, 1.165) is 18.4 Å². The van der Waals surface area contributed by atoms with Crippen LogP contribution in [0.25, 0.3) is 0 Å². The second kappa shape index (κ2) is 2.50. The zero-order valence-corrected chi connectivity index (χ0v) is 5.38. The Morgan fingerprint density at radius 2 is 2.22 bits per heavy atom. The van der Waals surface area contributed by atoms with Gasteiger partial charge in [-0.2, -0.15) is 0 Å². The van der Waals surface area contributed by atoms with Gasteiger partial charge in [-0.3, -0.25) is 0 Å². The predicted octanol–water partition coefficient (Wildman–Crippen LogP) is 0.306. The molecule has 0 bridgehead atoms. The summed E-state index contributed by atoms with van der Waals surface area (Å²) in [6.07, 6.45) is 1.29. The molecule has 0 heterocycles.